The Morgan fingerprint density at radius 1 is 1.00 bits per heavy atom. The van der Waals surface area contributed by atoms with E-state index >= 15 is 0 Å². The molecule has 0 saturated carbocycles. The van der Waals surface area contributed by atoms with Crippen molar-refractivity contribution in [2.75, 3.05) is 39.8 Å². The highest BCUT2D eigenvalue weighted by molar-refractivity contribution is 8.02. The smallest absolute Gasteiger partial charge is 0.247 e. The van der Waals surface area contributed by atoms with Crippen molar-refractivity contribution in [1.82, 2.24) is 14.7 Å². The molecule has 2 fully saturated rings. The second-order valence-electron chi connectivity index (χ2n) is 9.62. The van der Waals surface area contributed by atoms with Crippen molar-refractivity contribution in [3.8, 4) is 0 Å². The standard InChI is InChI=1S/C24H35N3O4S/c1-4-5-6-13-26-14-8-11-24-18(21(30)27(15-9-16-28)19(24)22(26)31)17-20(29)25(3)12-7-10-23(17,2)32-24/h7-8,10-11,17-19,28H,4-6,9,12-16H2,1-3H3/t17-,18-,19?,23+,24-/m0/s1. The predicted octanol–water partition coefficient (Wildman–Crippen LogP) is 1.67. The number of fused-ring (bicyclic) bond motifs is 2. The fourth-order valence-corrected chi connectivity index (χ4v) is 8.08. The molecular weight excluding hydrogens is 426 g/mol. The topological polar surface area (TPSA) is 81.2 Å². The number of nitrogens with zero attached hydrogens (tertiary/aromatic N) is 3. The van der Waals surface area contributed by atoms with Gasteiger partial charge in [0.15, 0.2) is 0 Å². The van der Waals surface area contributed by atoms with Gasteiger partial charge in [0.05, 0.1) is 16.6 Å². The molecule has 4 aliphatic rings. The largest absolute Gasteiger partial charge is 0.396 e. The van der Waals surface area contributed by atoms with E-state index in [9.17, 15) is 19.5 Å². The molecular formula is C24H35N3O4S. The van der Waals surface area contributed by atoms with Crippen LogP contribution < -0.4 is 0 Å². The summed E-state index contributed by atoms with van der Waals surface area (Å²) in [4.78, 5) is 46.5. The number of aliphatic hydroxyl groups excluding tert-OH is 1. The second kappa shape index (κ2) is 8.86. The first-order valence-electron chi connectivity index (χ1n) is 11.8. The quantitative estimate of drug-likeness (QED) is 0.461. The van der Waals surface area contributed by atoms with Crippen molar-refractivity contribution in [3.05, 3.63) is 24.3 Å². The molecule has 8 heteroatoms. The van der Waals surface area contributed by atoms with Crippen molar-refractivity contribution in [2.24, 2.45) is 11.8 Å². The maximum absolute atomic E-state index is 13.9. The number of amides is 3. The summed E-state index contributed by atoms with van der Waals surface area (Å²) in [5.74, 6) is -1.30. The normalized spacial score (nSPS) is 36.3. The Kier molecular flexibility index (Phi) is 6.47. The highest BCUT2D eigenvalue weighted by atomic mass is 32.2. The minimum Gasteiger partial charge on any atom is -0.396 e. The lowest BCUT2D eigenvalue weighted by atomic mass is 9.74. The molecule has 4 heterocycles. The third-order valence-electron chi connectivity index (χ3n) is 7.43. The molecule has 5 atom stereocenters. The van der Waals surface area contributed by atoms with Gasteiger partial charge >= 0.3 is 0 Å². The van der Waals surface area contributed by atoms with Crippen LogP contribution in [0.2, 0.25) is 0 Å². The van der Waals surface area contributed by atoms with Crippen LogP contribution in [0.5, 0.6) is 0 Å². The van der Waals surface area contributed by atoms with Gasteiger partial charge < -0.3 is 19.8 Å². The summed E-state index contributed by atoms with van der Waals surface area (Å²) in [6, 6.07) is -0.646. The molecule has 32 heavy (non-hydrogen) atoms. The van der Waals surface area contributed by atoms with E-state index in [-0.39, 0.29) is 24.3 Å². The zero-order valence-electron chi connectivity index (χ0n) is 19.3. The van der Waals surface area contributed by atoms with Crippen LogP contribution >= 0.6 is 11.8 Å². The Morgan fingerprint density at radius 3 is 2.47 bits per heavy atom. The number of rotatable bonds is 7. The number of carbonyl (C=O) groups excluding carboxylic acids is 3. The molecule has 0 radical (unpaired) electrons. The molecule has 1 N–H and O–H groups in total. The van der Waals surface area contributed by atoms with Gasteiger partial charge in [-0.25, -0.2) is 0 Å². The number of hydrogen-bond donors (Lipinski definition) is 1. The zero-order chi connectivity index (χ0) is 23.1. The summed E-state index contributed by atoms with van der Waals surface area (Å²) in [6.45, 7) is 6.17. The molecule has 1 spiro atoms. The molecule has 0 aromatic heterocycles. The zero-order valence-corrected chi connectivity index (χ0v) is 20.1. The molecule has 0 aliphatic carbocycles. The van der Waals surface area contributed by atoms with E-state index in [4.69, 9.17) is 0 Å². The Morgan fingerprint density at radius 2 is 1.75 bits per heavy atom. The SMILES string of the molecule is CCCCCN1CC=C[C@]23S[C@]4(C)C=CCN(C)C(=O)[C@@H]4[C@H]2C(=O)N(CCCO)C3C1=O. The number of carbonyl (C=O) groups is 3. The maximum atomic E-state index is 13.9. The average Bonchev–Trinajstić information content (AvgIpc) is 3.03. The highest BCUT2D eigenvalue weighted by Gasteiger charge is 2.73. The fourth-order valence-electron chi connectivity index (χ4n) is 5.92. The van der Waals surface area contributed by atoms with Crippen molar-refractivity contribution in [2.45, 2.75) is 55.1 Å². The van der Waals surface area contributed by atoms with Crippen molar-refractivity contribution >= 4 is 29.5 Å². The Hall–Kier alpha value is -1.80. The van der Waals surface area contributed by atoms with Gasteiger partial charge in [0.25, 0.3) is 0 Å². The summed E-state index contributed by atoms with van der Waals surface area (Å²) in [6.07, 6.45) is 11.6. The van der Waals surface area contributed by atoms with E-state index < -0.39 is 27.4 Å². The molecule has 4 aliphatic heterocycles. The number of thioether (sulfide) groups is 1. The fraction of sp³-hybridized carbons (Fsp3) is 0.708. The van der Waals surface area contributed by atoms with Crippen LogP contribution in [0.1, 0.15) is 39.5 Å². The Labute approximate surface area is 194 Å². The van der Waals surface area contributed by atoms with Crippen molar-refractivity contribution in [1.29, 1.82) is 0 Å². The van der Waals surface area contributed by atoms with Gasteiger partial charge in [0.1, 0.15) is 6.04 Å². The molecule has 1 unspecified atom stereocenters. The van der Waals surface area contributed by atoms with E-state index in [1.807, 2.05) is 24.0 Å². The van der Waals surface area contributed by atoms with E-state index in [0.29, 0.717) is 32.6 Å². The lowest BCUT2D eigenvalue weighted by Crippen LogP contribution is -2.53. The first-order valence-corrected chi connectivity index (χ1v) is 12.6. The summed E-state index contributed by atoms with van der Waals surface area (Å²) in [7, 11) is 1.78. The average molecular weight is 462 g/mol. The first kappa shape index (κ1) is 23.4. The number of aliphatic hydroxyl groups is 1. The van der Waals surface area contributed by atoms with Crippen LogP contribution in [0.15, 0.2) is 24.3 Å². The minimum atomic E-state index is -0.777. The molecule has 0 bridgehead atoms. The lowest BCUT2D eigenvalue weighted by molar-refractivity contribution is -0.144. The molecule has 176 valence electrons. The number of unbranched alkanes of at least 4 members (excludes halogenated alkanes) is 2. The molecule has 4 rings (SSSR count). The summed E-state index contributed by atoms with van der Waals surface area (Å²) < 4.78 is -1.33. The van der Waals surface area contributed by atoms with Crippen LogP contribution in [0.3, 0.4) is 0 Å². The van der Waals surface area contributed by atoms with Gasteiger partial charge in [-0.1, -0.05) is 44.1 Å². The highest BCUT2D eigenvalue weighted by Crippen LogP contribution is 2.65. The van der Waals surface area contributed by atoms with Gasteiger partial charge in [-0.15, -0.1) is 11.8 Å². The summed E-state index contributed by atoms with van der Waals surface area (Å²) in [5, 5.41) is 9.45. The van der Waals surface area contributed by atoms with Crippen LogP contribution in [-0.2, 0) is 14.4 Å². The number of likely N-dealkylation sites (N-methyl/N-ethyl adjacent to an activating group) is 1. The van der Waals surface area contributed by atoms with E-state index in [1.54, 1.807) is 28.6 Å². The second-order valence-corrected chi connectivity index (χ2v) is 11.4. The number of likely N-dealkylation sites (tertiary alicyclic amines) is 1. The maximum Gasteiger partial charge on any atom is 0.247 e. The van der Waals surface area contributed by atoms with E-state index in [0.717, 1.165) is 19.3 Å². The predicted molar refractivity (Wildman–Crippen MR) is 125 cm³/mol. The van der Waals surface area contributed by atoms with Gasteiger partial charge in [0, 0.05) is 44.6 Å². The first-order chi connectivity index (χ1) is 15.3. The number of hydrogen-bond acceptors (Lipinski definition) is 5. The summed E-state index contributed by atoms with van der Waals surface area (Å²) >= 11 is 1.61. The van der Waals surface area contributed by atoms with Gasteiger partial charge in [0.2, 0.25) is 17.7 Å². The van der Waals surface area contributed by atoms with Gasteiger partial charge in [-0.2, -0.15) is 0 Å². The van der Waals surface area contributed by atoms with Crippen LogP contribution in [0.4, 0.5) is 0 Å². The van der Waals surface area contributed by atoms with Crippen LogP contribution in [-0.4, -0.2) is 92.9 Å². The van der Waals surface area contributed by atoms with Crippen molar-refractivity contribution in [3.63, 3.8) is 0 Å². The third kappa shape index (κ3) is 3.50. The van der Waals surface area contributed by atoms with Gasteiger partial charge in [-0.05, 0) is 19.8 Å². The Bertz CT molecular complexity index is 845. The van der Waals surface area contributed by atoms with Crippen molar-refractivity contribution < 1.29 is 19.5 Å². The van der Waals surface area contributed by atoms with Gasteiger partial charge in [-0.3, -0.25) is 14.4 Å². The molecule has 7 nitrogen and oxygen atoms in total. The monoisotopic (exact) mass is 461 g/mol. The third-order valence-corrected chi connectivity index (χ3v) is 9.23. The Balaban J connectivity index is 1.78. The van der Waals surface area contributed by atoms with Crippen LogP contribution in [0, 0.1) is 11.8 Å². The molecule has 0 aromatic rings. The molecule has 0 aromatic carbocycles. The van der Waals surface area contributed by atoms with E-state index in [1.165, 1.54) is 0 Å². The molecule has 3 amide bonds. The lowest BCUT2D eigenvalue weighted by Gasteiger charge is -2.36. The molecule has 2 saturated heterocycles. The summed E-state index contributed by atoms with van der Waals surface area (Å²) in [5.41, 5.74) is 0. The van der Waals surface area contributed by atoms with Crippen LogP contribution in [0.25, 0.3) is 0 Å². The van der Waals surface area contributed by atoms with E-state index in [2.05, 4.69) is 19.1 Å². The minimum absolute atomic E-state index is 0.0303.